The fourth-order valence-corrected chi connectivity index (χ4v) is 3.33. The standard InChI is InChI=1S/C13H22N4OS/c1-4-14-12-7-10(8-18-3)15-13(16-12)11-9-19-6-5-17(11)2/h7,11H,4-6,8-9H2,1-3H3,(H,14,15,16). The van der Waals surface area contributed by atoms with Gasteiger partial charge >= 0.3 is 0 Å². The lowest BCUT2D eigenvalue weighted by Gasteiger charge is -2.31. The van der Waals surface area contributed by atoms with Gasteiger partial charge in [-0.1, -0.05) is 0 Å². The van der Waals surface area contributed by atoms with Crippen LogP contribution in [0.5, 0.6) is 0 Å². The number of thioether (sulfide) groups is 1. The zero-order valence-corrected chi connectivity index (χ0v) is 12.7. The van der Waals surface area contributed by atoms with Crippen molar-refractivity contribution in [3.8, 4) is 0 Å². The normalized spacial score (nSPS) is 20.5. The first-order chi connectivity index (χ1) is 9.24. The third kappa shape index (κ3) is 3.81. The summed E-state index contributed by atoms with van der Waals surface area (Å²) >= 11 is 1.97. The molecule has 0 spiro atoms. The van der Waals surface area contributed by atoms with Crippen LogP contribution < -0.4 is 5.32 Å². The number of hydrogen-bond donors (Lipinski definition) is 1. The smallest absolute Gasteiger partial charge is 0.149 e. The van der Waals surface area contributed by atoms with Crippen LogP contribution in [0.1, 0.15) is 24.5 Å². The van der Waals surface area contributed by atoms with Crippen LogP contribution in [0.25, 0.3) is 0 Å². The van der Waals surface area contributed by atoms with Crippen molar-refractivity contribution in [2.45, 2.75) is 19.6 Å². The highest BCUT2D eigenvalue weighted by atomic mass is 32.2. The van der Waals surface area contributed by atoms with Gasteiger partial charge in [-0.3, -0.25) is 4.90 Å². The largest absolute Gasteiger partial charge is 0.378 e. The fourth-order valence-electron chi connectivity index (χ4n) is 2.12. The summed E-state index contributed by atoms with van der Waals surface area (Å²) in [5.74, 6) is 4.03. The summed E-state index contributed by atoms with van der Waals surface area (Å²) < 4.78 is 5.19. The van der Waals surface area contributed by atoms with E-state index < -0.39 is 0 Å². The minimum Gasteiger partial charge on any atom is -0.378 e. The molecular weight excluding hydrogens is 260 g/mol. The molecule has 0 bridgehead atoms. The van der Waals surface area contributed by atoms with Crippen molar-refractivity contribution in [1.29, 1.82) is 0 Å². The lowest BCUT2D eigenvalue weighted by Crippen LogP contribution is -2.34. The Kier molecular flexibility index (Phi) is 5.42. The molecule has 1 aliphatic rings. The zero-order valence-electron chi connectivity index (χ0n) is 11.8. The van der Waals surface area contributed by atoms with Crippen LogP contribution in [-0.4, -0.2) is 53.6 Å². The highest BCUT2D eigenvalue weighted by Crippen LogP contribution is 2.26. The molecule has 1 fully saturated rings. The van der Waals surface area contributed by atoms with Gasteiger partial charge in [-0.25, -0.2) is 9.97 Å². The van der Waals surface area contributed by atoms with E-state index in [9.17, 15) is 0 Å². The van der Waals surface area contributed by atoms with Crippen LogP contribution in [0, 0.1) is 0 Å². The quantitative estimate of drug-likeness (QED) is 0.888. The van der Waals surface area contributed by atoms with Crippen LogP contribution in [0.3, 0.4) is 0 Å². The van der Waals surface area contributed by atoms with Gasteiger partial charge in [-0.2, -0.15) is 11.8 Å². The van der Waals surface area contributed by atoms with Crippen molar-refractivity contribution in [1.82, 2.24) is 14.9 Å². The minimum atomic E-state index is 0.299. The highest BCUT2D eigenvalue weighted by molar-refractivity contribution is 7.99. The third-order valence-corrected chi connectivity index (χ3v) is 4.16. The number of methoxy groups -OCH3 is 1. The lowest BCUT2D eigenvalue weighted by molar-refractivity contribution is 0.180. The van der Waals surface area contributed by atoms with E-state index in [-0.39, 0.29) is 0 Å². The predicted molar refractivity (Wildman–Crippen MR) is 79.6 cm³/mol. The van der Waals surface area contributed by atoms with Gasteiger partial charge in [0.15, 0.2) is 0 Å². The summed E-state index contributed by atoms with van der Waals surface area (Å²) in [4.78, 5) is 11.6. The molecule has 0 amide bonds. The molecule has 1 atom stereocenters. The van der Waals surface area contributed by atoms with Gasteiger partial charge in [-0.05, 0) is 14.0 Å². The molecule has 6 heteroatoms. The number of nitrogens with one attached hydrogen (secondary N) is 1. The van der Waals surface area contributed by atoms with E-state index in [1.54, 1.807) is 7.11 Å². The van der Waals surface area contributed by atoms with Crippen molar-refractivity contribution in [3.05, 3.63) is 17.6 Å². The number of anilines is 1. The van der Waals surface area contributed by atoms with E-state index in [1.165, 1.54) is 5.75 Å². The fraction of sp³-hybridized carbons (Fsp3) is 0.692. The molecule has 2 heterocycles. The zero-order chi connectivity index (χ0) is 13.7. The van der Waals surface area contributed by atoms with E-state index in [0.29, 0.717) is 12.6 Å². The average Bonchev–Trinajstić information content (AvgIpc) is 2.40. The first-order valence-electron chi connectivity index (χ1n) is 6.63. The summed E-state index contributed by atoms with van der Waals surface area (Å²) in [6.45, 7) is 4.54. The Hall–Kier alpha value is -0.850. The highest BCUT2D eigenvalue weighted by Gasteiger charge is 2.24. The Morgan fingerprint density at radius 3 is 3.05 bits per heavy atom. The topological polar surface area (TPSA) is 50.3 Å². The van der Waals surface area contributed by atoms with E-state index in [0.717, 1.165) is 36.2 Å². The molecule has 0 radical (unpaired) electrons. The molecule has 106 valence electrons. The first kappa shape index (κ1) is 14.6. The monoisotopic (exact) mass is 282 g/mol. The average molecular weight is 282 g/mol. The summed E-state index contributed by atoms with van der Waals surface area (Å²) in [6.07, 6.45) is 0. The van der Waals surface area contributed by atoms with Gasteiger partial charge < -0.3 is 10.1 Å². The maximum absolute atomic E-state index is 5.19. The van der Waals surface area contributed by atoms with Gasteiger partial charge in [0, 0.05) is 37.8 Å². The number of rotatable bonds is 5. The molecule has 19 heavy (non-hydrogen) atoms. The van der Waals surface area contributed by atoms with Crippen LogP contribution in [-0.2, 0) is 11.3 Å². The molecule has 1 aromatic heterocycles. The molecule has 1 N–H and O–H groups in total. The number of ether oxygens (including phenoxy) is 1. The van der Waals surface area contributed by atoms with Crippen LogP contribution >= 0.6 is 11.8 Å². The molecule has 0 aromatic carbocycles. The summed E-state index contributed by atoms with van der Waals surface area (Å²) in [5, 5.41) is 3.27. The van der Waals surface area contributed by atoms with Crippen molar-refractivity contribution >= 4 is 17.6 Å². The van der Waals surface area contributed by atoms with Crippen molar-refractivity contribution < 1.29 is 4.74 Å². The van der Waals surface area contributed by atoms with Gasteiger partial charge in [0.05, 0.1) is 18.3 Å². The van der Waals surface area contributed by atoms with Gasteiger partial charge in [0.1, 0.15) is 11.6 Å². The SMILES string of the molecule is CCNc1cc(COC)nc(C2CSCCN2C)n1. The van der Waals surface area contributed by atoms with E-state index in [4.69, 9.17) is 4.74 Å². The molecule has 1 unspecified atom stereocenters. The summed E-state index contributed by atoms with van der Waals surface area (Å²) in [5.41, 5.74) is 0.937. The van der Waals surface area contributed by atoms with Gasteiger partial charge in [-0.15, -0.1) is 0 Å². The van der Waals surface area contributed by atoms with Gasteiger partial charge in [0.2, 0.25) is 0 Å². The number of aromatic nitrogens is 2. The van der Waals surface area contributed by atoms with E-state index in [1.807, 2.05) is 17.8 Å². The maximum atomic E-state index is 5.19. The minimum absolute atomic E-state index is 0.299. The summed E-state index contributed by atoms with van der Waals surface area (Å²) in [7, 11) is 3.83. The second-order valence-corrected chi connectivity index (χ2v) is 5.79. The second kappa shape index (κ2) is 7.07. The Bertz CT molecular complexity index is 391. The predicted octanol–water partition coefficient (Wildman–Crippen LogP) is 1.77. The van der Waals surface area contributed by atoms with Crippen molar-refractivity contribution in [2.24, 2.45) is 0 Å². The second-order valence-electron chi connectivity index (χ2n) is 4.64. The maximum Gasteiger partial charge on any atom is 0.149 e. The molecule has 0 aliphatic carbocycles. The molecule has 2 rings (SSSR count). The van der Waals surface area contributed by atoms with Crippen LogP contribution in [0.4, 0.5) is 5.82 Å². The van der Waals surface area contributed by atoms with Crippen LogP contribution in [0.15, 0.2) is 6.07 Å². The third-order valence-electron chi connectivity index (χ3n) is 3.14. The lowest BCUT2D eigenvalue weighted by atomic mass is 10.2. The van der Waals surface area contributed by atoms with Gasteiger partial charge in [0.25, 0.3) is 0 Å². The van der Waals surface area contributed by atoms with Crippen molar-refractivity contribution in [3.63, 3.8) is 0 Å². The Morgan fingerprint density at radius 2 is 2.37 bits per heavy atom. The molecule has 0 saturated carbocycles. The van der Waals surface area contributed by atoms with Crippen LogP contribution in [0.2, 0.25) is 0 Å². The Labute approximate surface area is 119 Å². The molecular formula is C13H22N4OS. The van der Waals surface area contributed by atoms with E-state index >= 15 is 0 Å². The molecule has 1 aromatic rings. The van der Waals surface area contributed by atoms with E-state index in [2.05, 4.69) is 34.2 Å². The first-order valence-corrected chi connectivity index (χ1v) is 7.78. The number of nitrogens with zero attached hydrogens (tertiary/aromatic N) is 3. The van der Waals surface area contributed by atoms with Crippen molar-refractivity contribution in [2.75, 3.05) is 44.1 Å². The Balaban J connectivity index is 2.26. The number of hydrogen-bond acceptors (Lipinski definition) is 6. The molecule has 5 nitrogen and oxygen atoms in total. The molecule has 1 saturated heterocycles. The summed E-state index contributed by atoms with van der Waals surface area (Å²) in [6, 6.07) is 2.26. The Morgan fingerprint density at radius 1 is 1.53 bits per heavy atom. The molecule has 1 aliphatic heterocycles.